The van der Waals surface area contributed by atoms with Crippen molar-refractivity contribution in [1.29, 1.82) is 0 Å². The van der Waals surface area contributed by atoms with Crippen LogP contribution in [0.4, 0.5) is 4.39 Å². The fraction of sp³-hybridized carbons (Fsp3) is 0.571. The van der Waals surface area contributed by atoms with Crippen LogP contribution in [0.15, 0.2) is 18.2 Å². The van der Waals surface area contributed by atoms with Crippen LogP contribution in [0.25, 0.3) is 0 Å². The molecule has 1 aliphatic rings. The lowest BCUT2D eigenvalue weighted by molar-refractivity contribution is 0.181. The van der Waals surface area contributed by atoms with Gasteiger partial charge in [-0.15, -0.1) is 0 Å². The van der Waals surface area contributed by atoms with Crippen molar-refractivity contribution in [2.75, 3.05) is 6.54 Å². The maximum atomic E-state index is 13.1. The van der Waals surface area contributed by atoms with Crippen LogP contribution in [-0.2, 0) is 6.42 Å². The highest BCUT2D eigenvalue weighted by molar-refractivity contribution is 5.32. The Morgan fingerprint density at radius 3 is 3.12 bits per heavy atom. The Balaban J connectivity index is 2.02. The summed E-state index contributed by atoms with van der Waals surface area (Å²) in [7, 11) is 0. The van der Waals surface area contributed by atoms with Crippen molar-refractivity contribution < 1.29 is 9.50 Å². The standard InChI is InChI=1S/C14H20FNO/c1-10(17)7-8-16-14-4-2-3-11-9-12(15)5-6-13(11)14/h5-6,9-10,14,16-17H,2-4,7-8H2,1H3. The van der Waals surface area contributed by atoms with Gasteiger partial charge in [0.1, 0.15) is 5.82 Å². The van der Waals surface area contributed by atoms with Crippen molar-refractivity contribution in [1.82, 2.24) is 5.32 Å². The maximum absolute atomic E-state index is 13.1. The van der Waals surface area contributed by atoms with Gasteiger partial charge in [0.2, 0.25) is 0 Å². The molecular weight excluding hydrogens is 217 g/mol. The molecule has 2 atom stereocenters. The summed E-state index contributed by atoms with van der Waals surface area (Å²) in [6.07, 6.45) is 3.66. The lowest BCUT2D eigenvalue weighted by Crippen LogP contribution is -2.27. The lowest BCUT2D eigenvalue weighted by Gasteiger charge is -2.26. The number of benzene rings is 1. The van der Waals surface area contributed by atoms with E-state index in [9.17, 15) is 9.50 Å². The van der Waals surface area contributed by atoms with Crippen LogP contribution < -0.4 is 5.32 Å². The molecular formula is C14H20FNO. The van der Waals surface area contributed by atoms with Crippen molar-refractivity contribution >= 4 is 0 Å². The quantitative estimate of drug-likeness (QED) is 0.843. The number of aliphatic hydroxyl groups excluding tert-OH is 1. The van der Waals surface area contributed by atoms with Gasteiger partial charge in [-0.3, -0.25) is 0 Å². The highest BCUT2D eigenvalue weighted by Crippen LogP contribution is 2.30. The third-order valence-electron chi connectivity index (χ3n) is 3.37. The summed E-state index contributed by atoms with van der Waals surface area (Å²) >= 11 is 0. The molecule has 94 valence electrons. The summed E-state index contributed by atoms with van der Waals surface area (Å²) in [4.78, 5) is 0. The first-order valence-corrected chi connectivity index (χ1v) is 6.36. The van der Waals surface area contributed by atoms with Gasteiger partial charge in [-0.1, -0.05) is 6.07 Å². The molecule has 1 aromatic carbocycles. The van der Waals surface area contributed by atoms with Gasteiger partial charge < -0.3 is 10.4 Å². The first-order chi connectivity index (χ1) is 8.16. The van der Waals surface area contributed by atoms with Gasteiger partial charge in [0.05, 0.1) is 6.10 Å². The SMILES string of the molecule is CC(O)CCNC1CCCc2cc(F)ccc21. The second-order valence-corrected chi connectivity index (χ2v) is 4.88. The summed E-state index contributed by atoms with van der Waals surface area (Å²) in [5.41, 5.74) is 2.36. The monoisotopic (exact) mass is 237 g/mol. The molecule has 0 saturated heterocycles. The first-order valence-electron chi connectivity index (χ1n) is 6.36. The highest BCUT2D eigenvalue weighted by Gasteiger charge is 2.19. The van der Waals surface area contributed by atoms with Crippen molar-refractivity contribution in [3.8, 4) is 0 Å². The second kappa shape index (κ2) is 5.61. The van der Waals surface area contributed by atoms with Crippen molar-refractivity contribution in [3.05, 3.63) is 35.1 Å². The zero-order valence-electron chi connectivity index (χ0n) is 10.2. The van der Waals surface area contributed by atoms with Gasteiger partial charge in [0, 0.05) is 6.04 Å². The first kappa shape index (κ1) is 12.5. The number of aryl methyl sites for hydroxylation is 1. The Kier molecular flexibility index (Phi) is 4.13. The van der Waals surface area contributed by atoms with Crippen LogP contribution in [0.2, 0.25) is 0 Å². The van der Waals surface area contributed by atoms with E-state index in [4.69, 9.17) is 0 Å². The molecule has 0 heterocycles. The molecule has 2 nitrogen and oxygen atoms in total. The van der Waals surface area contributed by atoms with E-state index in [2.05, 4.69) is 5.32 Å². The number of halogens is 1. The summed E-state index contributed by atoms with van der Waals surface area (Å²) in [5, 5.41) is 12.7. The molecule has 2 rings (SSSR count). The van der Waals surface area contributed by atoms with Crippen molar-refractivity contribution in [2.24, 2.45) is 0 Å². The van der Waals surface area contributed by atoms with Crippen molar-refractivity contribution in [2.45, 2.75) is 44.8 Å². The number of aliphatic hydroxyl groups is 1. The molecule has 0 amide bonds. The second-order valence-electron chi connectivity index (χ2n) is 4.88. The third-order valence-corrected chi connectivity index (χ3v) is 3.37. The van der Waals surface area contributed by atoms with Crippen LogP contribution >= 0.6 is 0 Å². The Labute approximate surface area is 102 Å². The van der Waals surface area contributed by atoms with Crippen LogP contribution in [0.1, 0.15) is 43.4 Å². The molecule has 2 unspecified atom stereocenters. The van der Waals surface area contributed by atoms with E-state index in [0.29, 0.717) is 6.04 Å². The molecule has 0 radical (unpaired) electrons. The van der Waals surface area contributed by atoms with E-state index < -0.39 is 0 Å². The van der Waals surface area contributed by atoms with Gasteiger partial charge in [-0.05, 0) is 62.4 Å². The molecule has 17 heavy (non-hydrogen) atoms. The largest absolute Gasteiger partial charge is 0.393 e. The lowest BCUT2D eigenvalue weighted by atomic mass is 9.87. The van der Waals surface area contributed by atoms with Crippen molar-refractivity contribution in [3.63, 3.8) is 0 Å². The molecule has 0 spiro atoms. The van der Waals surface area contributed by atoms with Crippen LogP contribution in [0.5, 0.6) is 0 Å². The smallest absolute Gasteiger partial charge is 0.123 e. The van der Waals surface area contributed by atoms with Crippen LogP contribution in [-0.4, -0.2) is 17.8 Å². The molecule has 0 bridgehead atoms. The minimum absolute atomic E-state index is 0.145. The minimum Gasteiger partial charge on any atom is -0.393 e. The molecule has 0 aromatic heterocycles. The van der Waals surface area contributed by atoms with E-state index in [0.717, 1.165) is 37.8 Å². The van der Waals surface area contributed by atoms with Gasteiger partial charge in [-0.25, -0.2) is 4.39 Å². The Morgan fingerprint density at radius 2 is 2.35 bits per heavy atom. The van der Waals surface area contributed by atoms with Gasteiger partial charge in [-0.2, -0.15) is 0 Å². The molecule has 1 aromatic rings. The summed E-state index contributed by atoms with van der Waals surface area (Å²) in [6, 6.07) is 5.40. The van der Waals surface area contributed by atoms with Gasteiger partial charge in [0.25, 0.3) is 0 Å². The zero-order valence-corrected chi connectivity index (χ0v) is 10.2. The van der Waals surface area contributed by atoms with E-state index in [1.54, 1.807) is 13.0 Å². The summed E-state index contributed by atoms with van der Waals surface area (Å²) < 4.78 is 13.1. The summed E-state index contributed by atoms with van der Waals surface area (Å²) in [5.74, 6) is -0.145. The van der Waals surface area contributed by atoms with E-state index >= 15 is 0 Å². The predicted octanol–water partition coefficient (Wildman–Crippen LogP) is 2.56. The van der Waals surface area contributed by atoms with Gasteiger partial charge >= 0.3 is 0 Å². The van der Waals surface area contributed by atoms with Gasteiger partial charge in [0.15, 0.2) is 0 Å². The molecule has 1 aliphatic carbocycles. The number of fused-ring (bicyclic) bond motifs is 1. The van der Waals surface area contributed by atoms with E-state index in [1.807, 2.05) is 6.07 Å². The number of hydrogen-bond acceptors (Lipinski definition) is 2. The molecule has 0 saturated carbocycles. The normalized spacial score (nSPS) is 21.0. The molecule has 3 heteroatoms. The fourth-order valence-electron chi connectivity index (χ4n) is 2.46. The van der Waals surface area contributed by atoms with E-state index in [1.165, 1.54) is 11.6 Å². The fourth-order valence-corrected chi connectivity index (χ4v) is 2.46. The average molecular weight is 237 g/mol. The molecule has 0 fully saturated rings. The maximum Gasteiger partial charge on any atom is 0.123 e. The Bertz CT molecular complexity index is 378. The minimum atomic E-state index is -0.265. The molecule has 0 aliphatic heterocycles. The predicted molar refractivity (Wildman–Crippen MR) is 66.4 cm³/mol. The number of rotatable bonds is 4. The topological polar surface area (TPSA) is 32.3 Å². The highest BCUT2D eigenvalue weighted by atomic mass is 19.1. The zero-order chi connectivity index (χ0) is 12.3. The number of hydrogen-bond donors (Lipinski definition) is 2. The average Bonchev–Trinajstić information content (AvgIpc) is 2.28. The Hall–Kier alpha value is -0.930. The third kappa shape index (κ3) is 3.27. The summed E-state index contributed by atoms with van der Waals surface area (Å²) in [6.45, 7) is 2.60. The molecule has 2 N–H and O–H groups in total. The van der Waals surface area contributed by atoms with Crippen LogP contribution in [0, 0.1) is 5.82 Å². The Morgan fingerprint density at radius 1 is 1.53 bits per heavy atom. The number of nitrogens with one attached hydrogen (secondary N) is 1. The van der Waals surface area contributed by atoms with Crippen LogP contribution in [0.3, 0.4) is 0 Å². The van der Waals surface area contributed by atoms with E-state index in [-0.39, 0.29) is 11.9 Å².